The number of benzene rings is 2. The van der Waals surface area contributed by atoms with E-state index in [9.17, 15) is 14.7 Å². The third-order valence-electron chi connectivity index (χ3n) is 5.15. The smallest absolute Gasteiger partial charge is 0.300 e. The molecule has 6 heteroatoms. The number of hydrogen-bond acceptors (Lipinski definition) is 5. The molecular weight excluding hydrogens is 382 g/mol. The Morgan fingerprint density at radius 3 is 2.33 bits per heavy atom. The molecule has 30 heavy (non-hydrogen) atoms. The number of ether oxygens (including phenoxy) is 1. The van der Waals surface area contributed by atoms with E-state index in [4.69, 9.17) is 9.15 Å². The zero-order valence-corrected chi connectivity index (χ0v) is 16.9. The number of aliphatic hydroxyl groups is 1. The fraction of sp³-hybridized carbons (Fsp3) is 0.167. The van der Waals surface area contributed by atoms with Crippen molar-refractivity contribution in [2.75, 3.05) is 12.0 Å². The maximum atomic E-state index is 13.1. The van der Waals surface area contributed by atoms with Crippen molar-refractivity contribution in [3.8, 4) is 5.75 Å². The highest BCUT2D eigenvalue weighted by atomic mass is 16.5. The predicted octanol–water partition coefficient (Wildman–Crippen LogP) is 4.53. The predicted molar refractivity (Wildman–Crippen MR) is 112 cm³/mol. The first-order valence-electron chi connectivity index (χ1n) is 9.49. The number of carbonyl (C=O) groups is 2. The molecule has 0 aliphatic carbocycles. The molecule has 2 aromatic carbocycles. The van der Waals surface area contributed by atoms with Gasteiger partial charge in [0.05, 0.1) is 18.2 Å². The van der Waals surface area contributed by atoms with E-state index in [2.05, 4.69) is 0 Å². The average Bonchev–Trinajstić information content (AvgIpc) is 3.29. The second-order valence-corrected chi connectivity index (χ2v) is 7.15. The van der Waals surface area contributed by atoms with Crippen LogP contribution in [0.25, 0.3) is 5.76 Å². The molecule has 2 heterocycles. The van der Waals surface area contributed by atoms with E-state index < -0.39 is 17.7 Å². The highest BCUT2D eigenvalue weighted by Crippen LogP contribution is 2.43. The van der Waals surface area contributed by atoms with Gasteiger partial charge >= 0.3 is 0 Å². The van der Waals surface area contributed by atoms with Crippen molar-refractivity contribution >= 4 is 23.1 Å². The molecule has 1 fully saturated rings. The Bertz CT molecular complexity index is 1160. The van der Waals surface area contributed by atoms with Gasteiger partial charge in [-0.1, -0.05) is 29.8 Å². The molecule has 1 aliphatic rings. The van der Waals surface area contributed by atoms with Gasteiger partial charge in [-0.3, -0.25) is 14.5 Å². The van der Waals surface area contributed by atoms with Crippen LogP contribution < -0.4 is 9.64 Å². The Labute approximate surface area is 174 Å². The van der Waals surface area contributed by atoms with Crippen molar-refractivity contribution in [3.05, 3.63) is 88.9 Å². The first kappa shape index (κ1) is 19.5. The van der Waals surface area contributed by atoms with Crippen LogP contribution in [0.1, 0.15) is 28.7 Å². The lowest BCUT2D eigenvalue weighted by atomic mass is 9.98. The third kappa shape index (κ3) is 3.16. The van der Waals surface area contributed by atoms with Crippen LogP contribution in [0.3, 0.4) is 0 Å². The Hall–Kier alpha value is -3.80. The molecule has 1 saturated heterocycles. The second-order valence-electron chi connectivity index (χ2n) is 7.15. The van der Waals surface area contributed by atoms with E-state index in [0.717, 1.165) is 5.56 Å². The van der Waals surface area contributed by atoms with Crippen molar-refractivity contribution in [1.29, 1.82) is 0 Å². The topological polar surface area (TPSA) is 80.0 Å². The number of ketones is 1. The van der Waals surface area contributed by atoms with Crippen LogP contribution in [-0.4, -0.2) is 23.9 Å². The summed E-state index contributed by atoms with van der Waals surface area (Å²) in [5, 5.41) is 11.1. The van der Waals surface area contributed by atoms with Gasteiger partial charge in [-0.05, 0) is 50.2 Å². The fourth-order valence-corrected chi connectivity index (χ4v) is 3.66. The highest BCUT2D eigenvalue weighted by Gasteiger charge is 2.48. The van der Waals surface area contributed by atoms with Gasteiger partial charge in [0.1, 0.15) is 29.1 Å². The van der Waals surface area contributed by atoms with Gasteiger partial charge in [0.25, 0.3) is 11.7 Å². The summed E-state index contributed by atoms with van der Waals surface area (Å²) < 4.78 is 11.1. The first-order valence-corrected chi connectivity index (χ1v) is 9.49. The number of furan rings is 1. The molecule has 1 aromatic heterocycles. The number of nitrogens with zero attached hydrogens (tertiary/aromatic N) is 1. The number of methoxy groups -OCH3 is 1. The number of para-hydroxylation sites is 1. The minimum Gasteiger partial charge on any atom is -0.507 e. The summed E-state index contributed by atoms with van der Waals surface area (Å²) in [5.74, 6) is -0.390. The van der Waals surface area contributed by atoms with Crippen molar-refractivity contribution in [3.63, 3.8) is 0 Å². The molecule has 152 valence electrons. The number of anilines is 1. The zero-order valence-electron chi connectivity index (χ0n) is 16.9. The molecule has 1 unspecified atom stereocenters. The quantitative estimate of drug-likeness (QED) is 0.393. The van der Waals surface area contributed by atoms with Crippen LogP contribution in [0, 0.1) is 13.8 Å². The number of aliphatic hydroxyl groups excluding tert-OH is 1. The minimum atomic E-state index is -0.897. The monoisotopic (exact) mass is 403 g/mol. The lowest BCUT2D eigenvalue weighted by Gasteiger charge is -2.23. The van der Waals surface area contributed by atoms with Crippen molar-refractivity contribution in [1.82, 2.24) is 0 Å². The van der Waals surface area contributed by atoms with Crippen LogP contribution in [0.4, 0.5) is 5.69 Å². The Kier molecular flexibility index (Phi) is 4.91. The van der Waals surface area contributed by atoms with E-state index in [0.29, 0.717) is 28.5 Å². The molecule has 6 nitrogen and oxygen atoms in total. The van der Waals surface area contributed by atoms with E-state index in [-0.39, 0.29) is 11.3 Å². The summed E-state index contributed by atoms with van der Waals surface area (Å²) in [6.45, 7) is 3.72. The van der Waals surface area contributed by atoms with Gasteiger partial charge in [-0.25, -0.2) is 0 Å². The molecule has 0 saturated carbocycles. The molecular formula is C24H21NO5. The first-order chi connectivity index (χ1) is 14.4. The molecule has 1 aliphatic heterocycles. The van der Waals surface area contributed by atoms with Gasteiger partial charge in [0.2, 0.25) is 0 Å². The molecule has 4 rings (SSSR count). The van der Waals surface area contributed by atoms with Crippen LogP contribution in [0.2, 0.25) is 0 Å². The number of rotatable bonds is 4. The lowest BCUT2D eigenvalue weighted by Crippen LogP contribution is -2.29. The SMILES string of the molecule is COc1ccccc1/C(O)=C1/C(=O)C(=O)N(c2ccc(C)cc2)C1c1ccc(C)o1. The zero-order chi connectivity index (χ0) is 21.4. The van der Waals surface area contributed by atoms with Gasteiger partial charge in [-0.15, -0.1) is 0 Å². The van der Waals surface area contributed by atoms with Crippen molar-refractivity contribution < 1.29 is 23.8 Å². The number of aryl methyl sites for hydroxylation is 2. The highest BCUT2D eigenvalue weighted by molar-refractivity contribution is 6.51. The number of hydrogen-bond donors (Lipinski definition) is 1. The third-order valence-corrected chi connectivity index (χ3v) is 5.15. The second kappa shape index (κ2) is 7.55. The lowest BCUT2D eigenvalue weighted by molar-refractivity contribution is -0.132. The molecule has 3 aromatic rings. The van der Waals surface area contributed by atoms with Gasteiger partial charge in [0.15, 0.2) is 0 Å². The standard InChI is InChI=1S/C24H21NO5/c1-14-8-11-16(12-9-14)25-21(19-13-10-15(2)30-19)20(23(27)24(25)28)22(26)17-6-4-5-7-18(17)29-3/h4-13,21,26H,1-3H3/b22-20-. The summed E-state index contributed by atoms with van der Waals surface area (Å²) >= 11 is 0. The maximum Gasteiger partial charge on any atom is 0.300 e. The summed E-state index contributed by atoms with van der Waals surface area (Å²) in [6, 6.07) is 16.6. The molecule has 0 spiro atoms. The van der Waals surface area contributed by atoms with Gasteiger partial charge in [0, 0.05) is 5.69 Å². The van der Waals surface area contributed by atoms with Crippen LogP contribution in [0.15, 0.2) is 70.7 Å². The molecule has 1 N–H and O–H groups in total. The van der Waals surface area contributed by atoms with E-state index >= 15 is 0 Å². The van der Waals surface area contributed by atoms with Crippen molar-refractivity contribution in [2.45, 2.75) is 19.9 Å². The fourth-order valence-electron chi connectivity index (χ4n) is 3.66. The summed E-state index contributed by atoms with van der Waals surface area (Å²) in [5.41, 5.74) is 1.85. The normalized spacial score (nSPS) is 18.1. The van der Waals surface area contributed by atoms with Gasteiger partial charge in [-0.2, -0.15) is 0 Å². The Morgan fingerprint density at radius 1 is 1.00 bits per heavy atom. The maximum absolute atomic E-state index is 13.1. The minimum absolute atomic E-state index is 0.0422. The molecule has 1 amide bonds. The molecule has 1 atom stereocenters. The number of carbonyl (C=O) groups excluding carboxylic acids is 2. The Balaban J connectivity index is 1.96. The summed E-state index contributed by atoms with van der Waals surface area (Å²) in [6.07, 6.45) is 0. The van der Waals surface area contributed by atoms with Gasteiger partial charge < -0.3 is 14.3 Å². The van der Waals surface area contributed by atoms with E-state index in [1.165, 1.54) is 12.0 Å². The van der Waals surface area contributed by atoms with Crippen LogP contribution in [0.5, 0.6) is 5.75 Å². The van der Waals surface area contributed by atoms with E-state index in [1.54, 1.807) is 55.5 Å². The van der Waals surface area contributed by atoms with E-state index in [1.807, 2.05) is 19.1 Å². The summed E-state index contributed by atoms with van der Waals surface area (Å²) in [4.78, 5) is 27.5. The van der Waals surface area contributed by atoms with Crippen LogP contribution in [-0.2, 0) is 9.59 Å². The average molecular weight is 403 g/mol. The molecule has 0 bridgehead atoms. The number of amides is 1. The number of Topliss-reactive ketones (excluding diaryl/α,β-unsaturated/α-hetero) is 1. The van der Waals surface area contributed by atoms with Crippen LogP contribution >= 0.6 is 0 Å². The largest absolute Gasteiger partial charge is 0.507 e. The summed E-state index contributed by atoms with van der Waals surface area (Å²) in [7, 11) is 1.48. The Morgan fingerprint density at radius 2 is 1.70 bits per heavy atom. The van der Waals surface area contributed by atoms with Crippen molar-refractivity contribution in [2.24, 2.45) is 0 Å². The molecule has 0 radical (unpaired) electrons.